The number of benzene rings is 2. The molecule has 1 aliphatic rings. The van der Waals surface area contributed by atoms with Crippen LogP contribution in [-0.4, -0.2) is 43.5 Å². The number of carbonyl (C=O) groups excluding carboxylic acids is 2. The number of nitrogens with one attached hydrogen (secondary N) is 1. The number of thiophene rings is 1. The number of ether oxygens (including phenoxy) is 1. The van der Waals surface area contributed by atoms with Crippen LogP contribution < -0.4 is 5.32 Å². The average Bonchev–Trinajstić information content (AvgIpc) is 3.34. The van der Waals surface area contributed by atoms with Gasteiger partial charge < -0.3 is 15.0 Å². The summed E-state index contributed by atoms with van der Waals surface area (Å²) in [7, 11) is 1.62. The minimum Gasteiger partial charge on any atom is -0.383 e. The van der Waals surface area contributed by atoms with Crippen LogP contribution in [0.3, 0.4) is 0 Å². The Kier molecular flexibility index (Phi) is 7.02. The van der Waals surface area contributed by atoms with E-state index in [2.05, 4.69) is 36.5 Å². The molecule has 2 aromatic carbocycles. The van der Waals surface area contributed by atoms with E-state index in [1.165, 1.54) is 11.1 Å². The molecule has 0 bridgehead atoms. The summed E-state index contributed by atoms with van der Waals surface area (Å²) in [5, 5.41) is 5.12. The Morgan fingerprint density at radius 3 is 2.59 bits per heavy atom. The highest BCUT2D eigenvalue weighted by atomic mass is 32.1. The highest BCUT2D eigenvalue weighted by Gasteiger charge is 2.44. The number of nitrogens with zero attached hydrogens (tertiary/aromatic N) is 1. The van der Waals surface area contributed by atoms with Crippen molar-refractivity contribution < 1.29 is 14.3 Å². The van der Waals surface area contributed by atoms with Crippen LogP contribution in [0.4, 0.5) is 0 Å². The highest BCUT2D eigenvalue weighted by Crippen LogP contribution is 2.44. The molecule has 2 atom stereocenters. The van der Waals surface area contributed by atoms with E-state index in [0.29, 0.717) is 25.3 Å². The Balaban J connectivity index is 1.62. The SMILES string of the molecule is COCCN1C(=O)c2ccccc2[C@H](C(=O)NCCc2ccc(C)cc2)[C@@H]1c1cccs1. The van der Waals surface area contributed by atoms with Gasteiger partial charge in [-0.1, -0.05) is 54.1 Å². The van der Waals surface area contributed by atoms with E-state index in [-0.39, 0.29) is 17.9 Å². The molecule has 1 aliphatic heterocycles. The molecule has 166 valence electrons. The van der Waals surface area contributed by atoms with Gasteiger partial charge in [0.1, 0.15) is 0 Å². The third-order valence-electron chi connectivity index (χ3n) is 5.93. The average molecular weight is 449 g/mol. The summed E-state index contributed by atoms with van der Waals surface area (Å²) < 4.78 is 5.27. The Bertz CT molecular complexity index is 1060. The molecule has 0 radical (unpaired) electrons. The zero-order chi connectivity index (χ0) is 22.5. The number of methoxy groups -OCH3 is 1. The summed E-state index contributed by atoms with van der Waals surface area (Å²) in [4.78, 5) is 29.7. The number of hydrogen-bond donors (Lipinski definition) is 1. The monoisotopic (exact) mass is 448 g/mol. The number of fused-ring (bicyclic) bond motifs is 1. The zero-order valence-corrected chi connectivity index (χ0v) is 19.2. The van der Waals surface area contributed by atoms with E-state index in [1.807, 2.05) is 41.8 Å². The number of hydrogen-bond acceptors (Lipinski definition) is 4. The lowest BCUT2D eigenvalue weighted by atomic mass is 9.81. The maximum absolute atomic E-state index is 13.6. The molecule has 2 heterocycles. The number of aryl methyl sites for hydroxylation is 1. The molecular formula is C26H28N2O3S. The van der Waals surface area contributed by atoms with Crippen LogP contribution >= 0.6 is 11.3 Å². The first kappa shape index (κ1) is 22.2. The van der Waals surface area contributed by atoms with Gasteiger partial charge in [-0.05, 0) is 42.0 Å². The molecule has 1 aromatic heterocycles. The van der Waals surface area contributed by atoms with Gasteiger partial charge in [-0.3, -0.25) is 9.59 Å². The first-order chi connectivity index (χ1) is 15.6. The minimum atomic E-state index is -0.475. The summed E-state index contributed by atoms with van der Waals surface area (Å²) in [5.74, 6) is -0.588. The van der Waals surface area contributed by atoms with E-state index in [0.717, 1.165) is 16.9 Å². The fourth-order valence-electron chi connectivity index (χ4n) is 4.28. The molecule has 0 unspecified atom stereocenters. The smallest absolute Gasteiger partial charge is 0.254 e. The van der Waals surface area contributed by atoms with Crippen LogP contribution in [0.2, 0.25) is 0 Å². The van der Waals surface area contributed by atoms with Gasteiger partial charge in [0.25, 0.3) is 5.91 Å². The molecule has 1 N–H and O–H groups in total. The standard InChI is InChI=1S/C26H28N2O3S/c1-18-9-11-19(12-10-18)13-14-27-25(29)23-20-6-3-4-7-21(20)26(30)28(15-16-31-2)24(23)22-8-5-17-32-22/h3-12,17,23-24H,13-16H2,1-2H3,(H,27,29)/t23-,24-/m0/s1. The van der Waals surface area contributed by atoms with E-state index in [1.54, 1.807) is 23.3 Å². The number of amides is 2. The second-order valence-corrected chi connectivity index (χ2v) is 9.02. The van der Waals surface area contributed by atoms with Gasteiger partial charge in [0, 0.05) is 30.6 Å². The van der Waals surface area contributed by atoms with E-state index >= 15 is 0 Å². The van der Waals surface area contributed by atoms with Crippen LogP contribution in [0.15, 0.2) is 66.0 Å². The van der Waals surface area contributed by atoms with Crippen molar-refractivity contribution in [2.75, 3.05) is 26.8 Å². The van der Waals surface area contributed by atoms with Gasteiger partial charge in [0.2, 0.25) is 5.91 Å². The fourth-order valence-corrected chi connectivity index (χ4v) is 5.16. The Hall–Kier alpha value is -2.96. The number of carbonyl (C=O) groups is 2. The van der Waals surface area contributed by atoms with Gasteiger partial charge in [-0.15, -0.1) is 11.3 Å². The molecule has 0 spiro atoms. The first-order valence-electron chi connectivity index (χ1n) is 10.9. The largest absolute Gasteiger partial charge is 0.383 e. The lowest BCUT2D eigenvalue weighted by Crippen LogP contribution is -2.48. The second kappa shape index (κ2) is 10.1. The van der Waals surface area contributed by atoms with Gasteiger partial charge in [0.15, 0.2) is 0 Å². The van der Waals surface area contributed by atoms with Gasteiger partial charge in [0.05, 0.1) is 18.6 Å². The van der Waals surface area contributed by atoms with Crippen molar-refractivity contribution in [3.63, 3.8) is 0 Å². The molecule has 32 heavy (non-hydrogen) atoms. The quantitative estimate of drug-likeness (QED) is 0.558. The first-order valence-corrected chi connectivity index (χ1v) is 11.7. The lowest BCUT2D eigenvalue weighted by Gasteiger charge is -2.41. The van der Waals surface area contributed by atoms with Crippen molar-refractivity contribution in [2.24, 2.45) is 0 Å². The minimum absolute atomic E-state index is 0.0558. The summed E-state index contributed by atoms with van der Waals surface area (Å²) in [6.07, 6.45) is 0.760. The van der Waals surface area contributed by atoms with Gasteiger partial charge >= 0.3 is 0 Å². The van der Waals surface area contributed by atoms with Gasteiger partial charge in [-0.25, -0.2) is 0 Å². The van der Waals surface area contributed by atoms with E-state index in [9.17, 15) is 9.59 Å². The molecule has 5 nitrogen and oxygen atoms in total. The van der Waals surface area contributed by atoms with Crippen LogP contribution in [0.25, 0.3) is 0 Å². The Labute approximate surface area is 193 Å². The molecule has 3 aromatic rings. The second-order valence-electron chi connectivity index (χ2n) is 8.04. The Morgan fingerprint density at radius 1 is 1.09 bits per heavy atom. The van der Waals surface area contributed by atoms with E-state index in [4.69, 9.17) is 4.74 Å². The summed E-state index contributed by atoms with van der Waals surface area (Å²) in [6.45, 7) is 3.45. The van der Waals surface area contributed by atoms with Crippen molar-refractivity contribution >= 4 is 23.2 Å². The summed E-state index contributed by atoms with van der Waals surface area (Å²) in [6, 6.07) is 19.4. The fraction of sp³-hybridized carbons (Fsp3) is 0.308. The normalized spacial score (nSPS) is 17.8. The predicted molar refractivity (Wildman–Crippen MR) is 127 cm³/mol. The van der Waals surface area contributed by atoms with Crippen molar-refractivity contribution in [3.05, 3.63) is 93.2 Å². The van der Waals surface area contributed by atoms with Crippen LogP contribution in [0.5, 0.6) is 0 Å². The summed E-state index contributed by atoms with van der Waals surface area (Å²) in [5.41, 5.74) is 3.79. The van der Waals surface area contributed by atoms with Crippen molar-refractivity contribution in [3.8, 4) is 0 Å². The predicted octanol–water partition coefficient (Wildman–Crippen LogP) is 4.34. The van der Waals surface area contributed by atoms with Crippen molar-refractivity contribution in [1.29, 1.82) is 0 Å². The molecule has 4 rings (SSSR count). The molecular weight excluding hydrogens is 420 g/mol. The third-order valence-corrected chi connectivity index (χ3v) is 6.87. The maximum atomic E-state index is 13.6. The highest BCUT2D eigenvalue weighted by molar-refractivity contribution is 7.10. The molecule has 0 saturated heterocycles. The lowest BCUT2D eigenvalue weighted by molar-refractivity contribution is -0.124. The molecule has 6 heteroatoms. The Morgan fingerprint density at radius 2 is 1.88 bits per heavy atom. The molecule has 0 fully saturated rings. The topological polar surface area (TPSA) is 58.6 Å². The van der Waals surface area contributed by atoms with Crippen molar-refractivity contribution in [1.82, 2.24) is 10.2 Å². The maximum Gasteiger partial charge on any atom is 0.254 e. The summed E-state index contributed by atoms with van der Waals surface area (Å²) >= 11 is 1.57. The number of rotatable bonds is 8. The third kappa shape index (κ3) is 4.61. The van der Waals surface area contributed by atoms with E-state index < -0.39 is 5.92 Å². The molecule has 2 amide bonds. The zero-order valence-electron chi connectivity index (χ0n) is 18.4. The van der Waals surface area contributed by atoms with Crippen molar-refractivity contribution in [2.45, 2.75) is 25.3 Å². The molecule has 0 aliphatic carbocycles. The van der Waals surface area contributed by atoms with Gasteiger partial charge in [-0.2, -0.15) is 0 Å². The molecule has 0 saturated carbocycles. The van der Waals surface area contributed by atoms with Crippen LogP contribution in [-0.2, 0) is 16.0 Å². The van der Waals surface area contributed by atoms with Crippen LogP contribution in [0, 0.1) is 6.92 Å². The van der Waals surface area contributed by atoms with Crippen LogP contribution in [0.1, 0.15) is 43.9 Å².